The Morgan fingerprint density at radius 2 is 1.62 bits per heavy atom. The molecule has 0 radical (unpaired) electrons. The molecular weight excluding hydrogens is 489 g/mol. The highest BCUT2D eigenvalue weighted by atomic mass is 19.4. The normalized spacial score (nSPS) is 15.9. The molecule has 1 atom stereocenters. The summed E-state index contributed by atoms with van der Waals surface area (Å²) >= 11 is 0. The summed E-state index contributed by atoms with van der Waals surface area (Å²) in [5.74, 6) is -3.44. The molecule has 1 saturated heterocycles. The minimum Gasteiger partial charge on any atom is -0.337 e. The Morgan fingerprint density at radius 3 is 2.24 bits per heavy atom. The molecule has 9 heteroatoms. The smallest absolute Gasteiger partial charge is 0.337 e. The van der Waals surface area contributed by atoms with Crippen molar-refractivity contribution in [2.75, 3.05) is 31.5 Å². The fourth-order valence-corrected chi connectivity index (χ4v) is 4.67. The number of benzene rings is 2. The number of piperidine rings is 1. The topological polar surface area (TPSA) is 44.4 Å². The van der Waals surface area contributed by atoms with E-state index in [1.54, 1.807) is 0 Å². The lowest BCUT2D eigenvalue weighted by molar-refractivity contribution is -0.137. The third-order valence-electron chi connectivity index (χ3n) is 6.80. The number of anilines is 1. The highest BCUT2D eigenvalue weighted by Crippen LogP contribution is 2.39. The van der Waals surface area contributed by atoms with Crippen LogP contribution in [0.5, 0.6) is 0 Å². The first-order chi connectivity index (χ1) is 17.5. The molecule has 1 unspecified atom stereocenters. The van der Waals surface area contributed by atoms with E-state index in [1.165, 1.54) is 26.2 Å². The third-order valence-corrected chi connectivity index (χ3v) is 6.80. The number of nitrogens with zero attached hydrogens (tertiary/aromatic N) is 1. The SMILES string of the molecule is CCCC(F)(F)c1cc(NC(=O)NCC(CCN2CCCCC2)c2ccc(C)cc2)cc(C(F)(F)F)c1. The van der Waals surface area contributed by atoms with E-state index in [9.17, 15) is 26.7 Å². The molecule has 0 aliphatic carbocycles. The van der Waals surface area contributed by atoms with Crippen LogP contribution in [0.25, 0.3) is 0 Å². The summed E-state index contributed by atoms with van der Waals surface area (Å²) < 4.78 is 69.1. The van der Waals surface area contributed by atoms with E-state index in [0.29, 0.717) is 12.1 Å². The van der Waals surface area contributed by atoms with Crippen LogP contribution < -0.4 is 10.6 Å². The predicted octanol–water partition coefficient (Wildman–Crippen LogP) is 7.69. The standard InChI is InChI=1S/C28H36F5N3O/c1-3-12-27(29,30)23-16-24(28(31,32)33)18-25(17-23)35-26(37)34-19-22(21-9-7-20(2)8-10-21)11-15-36-13-5-4-6-14-36/h7-10,16-18,22H,3-6,11-15,19H2,1-2H3,(H2,34,35,37). The highest BCUT2D eigenvalue weighted by molar-refractivity contribution is 5.89. The maximum atomic E-state index is 14.5. The second-order valence-electron chi connectivity index (χ2n) is 9.88. The minimum absolute atomic E-state index is 0.000709. The zero-order chi connectivity index (χ0) is 27.1. The molecule has 1 heterocycles. The van der Waals surface area contributed by atoms with Crippen molar-refractivity contribution < 1.29 is 26.7 Å². The average Bonchev–Trinajstić information content (AvgIpc) is 2.84. The monoisotopic (exact) mass is 525 g/mol. The van der Waals surface area contributed by atoms with Crippen molar-refractivity contribution in [3.8, 4) is 0 Å². The maximum absolute atomic E-state index is 14.5. The summed E-state index contributed by atoms with van der Waals surface area (Å²) in [7, 11) is 0. The number of rotatable bonds is 10. The Balaban J connectivity index is 1.71. The molecule has 204 valence electrons. The van der Waals surface area contributed by atoms with Gasteiger partial charge < -0.3 is 15.5 Å². The van der Waals surface area contributed by atoms with E-state index in [0.717, 1.165) is 43.2 Å². The van der Waals surface area contributed by atoms with Gasteiger partial charge in [0.1, 0.15) is 0 Å². The van der Waals surface area contributed by atoms with Crippen molar-refractivity contribution in [3.63, 3.8) is 0 Å². The number of nitrogens with one attached hydrogen (secondary N) is 2. The van der Waals surface area contributed by atoms with Crippen LogP contribution >= 0.6 is 0 Å². The van der Waals surface area contributed by atoms with Gasteiger partial charge in [-0.25, -0.2) is 13.6 Å². The van der Waals surface area contributed by atoms with Gasteiger partial charge in [-0.2, -0.15) is 13.2 Å². The third kappa shape index (κ3) is 8.69. The number of amides is 2. The van der Waals surface area contributed by atoms with Gasteiger partial charge >= 0.3 is 12.2 Å². The van der Waals surface area contributed by atoms with Crippen LogP contribution in [0.15, 0.2) is 42.5 Å². The van der Waals surface area contributed by atoms with Gasteiger partial charge in [0.25, 0.3) is 5.92 Å². The number of hydrogen-bond donors (Lipinski definition) is 2. The number of carbonyl (C=O) groups excluding carboxylic acids is 1. The highest BCUT2D eigenvalue weighted by Gasteiger charge is 2.36. The van der Waals surface area contributed by atoms with Crippen molar-refractivity contribution in [3.05, 3.63) is 64.7 Å². The van der Waals surface area contributed by atoms with Gasteiger partial charge in [0.05, 0.1) is 5.56 Å². The van der Waals surface area contributed by atoms with E-state index < -0.39 is 35.7 Å². The molecule has 2 amide bonds. The predicted molar refractivity (Wildman–Crippen MR) is 136 cm³/mol. The van der Waals surface area contributed by atoms with Gasteiger partial charge in [0.15, 0.2) is 0 Å². The van der Waals surface area contributed by atoms with E-state index >= 15 is 0 Å². The van der Waals surface area contributed by atoms with Crippen molar-refractivity contribution in [1.82, 2.24) is 10.2 Å². The first-order valence-corrected chi connectivity index (χ1v) is 12.9. The molecule has 1 fully saturated rings. The fourth-order valence-electron chi connectivity index (χ4n) is 4.67. The molecule has 4 nitrogen and oxygen atoms in total. The molecular formula is C28H36F5N3O. The van der Waals surface area contributed by atoms with Crippen LogP contribution in [0.2, 0.25) is 0 Å². The summed E-state index contributed by atoms with van der Waals surface area (Å²) in [6.07, 6.45) is -0.921. The molecule has 0 saturated carbocycles. The molecule has 0 spiro atoms. The average molecular weight is 526 g/mol. The van der Waals surface area contributed by atoms with Gasteiger partial charge in [0, 0.05) is 30.1 Å². The minimum atomic E-state index is -4.82. The molecule has 2 aromatic rings. The van der Waals surface area contributed by atoms with Gasteiger partial charge in [-0.1, -0.05) is 49.6 Å². The maximum Gasteiger partial charge on any atom is 0.416 e. The number of hydrogen-bond acceptors (Lipinski definition) is 2. The van der Waals surface area contributed by atoms with E-state index in [1.807, 2.05) is 31.2 Å². The zero-order valence-corrected chi connectivity index (χ0v) is 21.4. The van der Waals surface area contributed by atoms with Crippen LogP contribution in [0.3, 0.4) is 0 Å². The Morgan fingerprint density at radius 1 is 0.973 bits per heavy atom. The Hall–Kier alpha value is -2.68. The number of carbonyl (C=O) groups is 1. The largest absolute Gasteiger partial charge is 0.416 e. The molecule has 1 aliphatic heterocycles. The summed E-state index contributed by atoms with van der Waals surface area (Å²) in [6, 6.07) is 9.35. The summed E-state index contributed by atoms with van der Waals surface area (Å²) in [6.45, 7) is 6.77. The number of alkyl halides is 5. The summed E-state index contributed by atoms with van der Waals surface area (Å²) in [4.78, 5) is 15.1. The summed E-state index contributed by atoms with van der Waals surface area (Å²) in [5, 5.41) is 5.07. The van der Waals surface area contributed by atoms with Crippen LogP contribution in [0, 0.1) is 6.92 Å². The lowest BCUT2D eigenvalue weighted by Gasteiger charge is -2.28. The second kappa shape index (κ2) is 12.7. The number of aryl methyl sites for hydroxylation is 1. The molecule has 0 aromatic heterocycles. The molecule has 1 aliphatic rings. The second-order valence-corrected chi connectivity index (χ2v) is 9.88. The molecule has 0 bridgehead atoms. The Kier molecular flexibility index (Phi) is 9.93. The van der Waals surface area contributed by atoms with Gasteiger partial charge in [-0.15, -0.1) is 0 Å². The quantitative estimate of drug-likeness (QED) is 0.313. The first kappa shape index (κ1) is 28.9. The lowest BCUT2D eigenvalue weighted by atomic mass is 9.94. The Labute approximate surface area is 215 Å². The van der Waals surface area contributed by atoms with Crippen molar-refractivity contribution in [2.24, 2.45) is 0 Å². The van der Waals surface area contributed by atoms with Crippen LogP contribution in [-0.4, -0.2) is 37.1 Å². The number of likely N-dealkylation sites (tertiary alicyclic amines) is 1. The molecule has 3 rings (SSSR count). The van der Waals surface area contributed by atoms with E-state index in [2.05, 4.69) is 15.5 Å². The fraction of sp³-hybridized carbons (Fsp3) is 0.536. The summed E-state index contributed by atoms with van der Waals surface area (Å²) in [5.41, 5.74) is -0.139. The molecule has 37 heavy (non-hydrogen) atoms. The van der Waals surface area contributed by atoms with Gasteiger partial charge in [0.2, 0.25) is 0 Å². The van der Waals surface area contributed by atoms with Crippen molar-refractivity contribution in [2.45, 2.75) is 70.4 Å². The number of halogens is 5. The van der Waals surface area contributed by atoms with Gasteiger partial charge in [-0.3, -0.25) is 0 Å². The van der Waals surface area contributed by atoms with Gasteiger partial charge in [-0.05, 0) is 69.6 Å². The van der Waals surface area contributed by atoms with E-state index in [-0.39, 0.29) is 24.6 Å². The van der Waals surface area contributed by atoms with Crippen LogP contribution in [0.1, 0.15) is 73.6 Å². The number of urea groups is 1. The van der Waals surface area contributed by atoms with Crippen LogP contribution in [0.4, 0.5) is 32.4 Å². The molecule has 2 aromatic carbocycles. The Bertz CT molecular complexity index is 1020. The van der Waals surface area contributed by atoms with Crippen molar-refractivity contribution in [1.29, 1.82) is 0 Å². The van der Waals surface area contributed by atoms with Crippen molar-refractivity contribution >= 4 is 11.7 Å². The van der Waals surface area contributed by atoms with Crippen LogP contribution in [-0.2, 0) is 12.1 Å². The molecule has 2 N–H and O–H groups in total. The lowest BCUT2D eigenvalue weighted by Crippen LogP contribution is -2.35. The van der Waals surface area contributed by atoms with E-state index in [4.69, 9.17) is 0 Å². The first-order valence-electron chi connectivity index (χ1n) is 12.9. The zero-order valence-electron chi connectivity index (χ0n) is 21.4.